The van der Waals surface area contributed by atoms with Crippen molar-refractivity contribution in [2.75, 3.05) is 20.1 Å². The van der Waals surface area contributed by atoms with Crippen molar-refractivity contribution >= 4 is 10.2 Å². The first-order chi connectivity index (χ1) is 9.39. The Morgan fingerprint density at radius 2 is 2.00 bits per heavy atom. The molecule has 0 atom stereocenters. The maximum Gasteiger partial charge on any atom is 0.282 e. The van der Waals surface area contributed by atoms with Gasteiger partial charge in [-0.15, -0.1) is 0 Å². The van der Waals surface area contributed by atoms with Crippen LogP contribution < -0.4 is 0 Å². The van der Waals surface area contributed by atoms with E-state index in [1.165, 1.54) is 8.61 Å². The third-order valence-electron chi connectivity index (χ3n) is 3.24. The van der Waals surface area contributed by atoms with E-state index >= 15 is 0 Å². The summed E-state index contributed by atoms with van der Waals surface area (Å²) in [6.07, 6.45) is 2.55. The molecule has 0 bridgehead atoms. The van der Waals surface area contributed by atoms with Gasteiger partial charge in [0.05, 0.1) is 6.54 Å². The first-order valence-electron chi connectivity index (χ1n) is 6.92. The quantitative estimate of drug-likeness (QED) is 0.784. The van der Waals surface area contributed by atoms with Crippen molar-refractivity contribution in [1.82, 2.24) is 18.8 Å². The average molecular weight is 302 g/mol. The minimum Gasteiger partial charge on any atom is -0.339 e. The summed E-state index contributed by atoms with van der Waals surface area (Å²) in [6, 6.07) is 0. The Bertz CT molecular complexity index is 535. The standard InChI is InChI=1S/C12H22N4O3S/c1-10(2)8-12-13-11(14-19-12)9-15(3)20(17,18)16-6-4-5-7-16/h10H,4-9H2,1-3H3. The molecule has 0 radical (unpaired) electrons. The van der Waals surface area contributed by atoms with Gasteiger partial charge in [0.15, 0.2) is 5.82 Å². The van der Waals surface area contributed by atoms with E-state index in [2.05, 4.69) is 24.0 Å². The third-order valence-corrected chi connectivity index (χ3v) is 5.18. The highest BCUT2D eigenvalue weighted by molar-refractivity contribution is 7.86. The molecule has 1 aliphatic rings. The van der Waals surface area contributed by atoms with Crippen LogP contribution in [-0.2, 0) is 23.2 Å². The van der Waals surface area contributed by atoms with E-state index < -0.39 is 10.2 Å². The van der Waals surface area contributed by atoms with E-state index in [0.717, 1.165) is 12.8 Å². The Kier molecular flexibility index (Phi) is 4.77. The fourth-order valence-corrected chi connectivity index (χ4v) is 3.58. The SMILES string of the molecule is CC(C)Cc1nc(CN(C)S(=O)(=O)N2CCCC2)no1. The molecule has 0 amide bonds. The molecule has 1 aliphatic heterocycles. The molecule has 1 fully saturated rings. The lowest BCUT2D eigenvalue weighted by Crippen LogP contribution is -2.40. The Balaban J connectivity index is 2.00. The van der Waals surface area contributed by atoms with Gasteiger partial charge in [0, 0.05) is 26.6 Å². The van der Waals surface area contributed by atoms with E-state index in [1.54, 1.807) is 7.05 Å². The van der Waals surface area contributed by atoms with E-state index in [9.17, 15) is 8.42 Å². The molecular weight excluding hydrogens is 280 g/mol. The molecule has 0 spiro atoms. The third kappa shape index (κ3) is 3.56. The first kappa shape index (κ1) is 15.4. The Hall–Kier alpha value is -0.990. The second-order valence-electron chi connectivity index (χ2n) is 5.57. The Morgan fingerprint density at radius 3 is 2.60 bits per heavy atom. The minimum absolute atomic E-state index is 0.139. The highest BCUT2D eigenvalue weighted by Gasteiger charge is 2.30. The van der Waals surface area contributed by atoms with Crippen molar-refractivity contribution in [1.29, 1.82) is 0 Å². The first-order valence-corrected chi connectivity index (χ1v) is 8.32. The molecule has 2 heterocycles. The summed E-state index contributed by atoms with van der Waals surface area (Å²) in [5.41, 5.74) is 0. The van der Waals surface area contributed by atoms with Gasteiger partial charge < -0.3 is 4.52 Å². The smallest absolute Gasteiger partial charge is 0.282 e. The fraction of sp³-hybridized carbons (Fsp3) is 0.833. The van der Waals surface area contributed by atoms with Crippen LogP contribution in [0.3, 0.4) is 0 Å². The van der Waals surface area contributed by atoms with E-state index in [0.29, 0.717) is 37.1 Å². The second-order valence-corrected chi connectivity index (χ2v) is 7.61. The number of rotatable bonds is 6. The van der Waals surface area contributed by atoms with Gasteiger partial charge in [0.25, 0.3) is 10.2 Å². The van der Waals surface area contributed by atoms with Crippen LogP contribution in [0, 0.1) is 5.92 Å². The van der Waals surface area contributed by atoms with Crippen LogP contribution in [0.1, 0.15) is 38.4 Å². The molecule has 1 saturated heterocycles. The van der Waals surface area contributed by atoms with Crippen molar-refractivity contribution < 1.29 is 12.9 Å². The van der Waals surface area contributed by atoms with Gasteiger partial charge in [-0.25, -0.2) is 0 Å². The van der Waals surface area contributed by atoms with E-state index in [1.807, 2.05) is 0 Å². The molecule has 7 nitrogen and oxygen atoms in total. The van der Waals surface area contributed by atoms with Crippen LogP contribution in [0.4, 0.5) is 0 Å². The molecule has 0 aromatic carbocycles. The van der Waals surface area contributed by atoms with Crippen LogP contribution >= 0.6 is 0 Å². The van der Waals surface area contributed by atoms with Crippen LogP contribution in [0.25, 0.3) is 0 Å². The van der Waals surface area contributed by atoms with Gasteiger partial charge in [-0.1, -0.05) is 19.0 Å². The van der Waals surface area contributed by atoms with Crippen molar-refractivity contribution in [2.45, 2.75) is 39.7 Å². The molecule has 1 aromatic heterocycles. The van der Waals surface area contributed by atoms with Gasteiger partial charge in [0.1, 0.15) is 0 Å². The Morgan fingerprint density at radius 1 is 1.35 bits per heavy atom. The zero-order chi connectivity index (χ0) is 14.8. The summed E-state index contributed by atoms with van der Waals surface area (Å²) >= 11 is 0. The van der Waals surface area contributed by atoms with Crippen LogP contribution in [0.5, 0.6) is 0 Å². The largest absolute Gasteiger partial charge is 0.339 e. The van der Waals surface area contributed by atoms with Gasteiger partial charge in [-0.2, -0.15) is 22.0 Å². The minimum atomic E-state index is -3.41. The summed E-state index contributed by atoms with van der Waals surface area (Å²) < 4.78 is 32.5. The number of hydrogen-bond acceptors (Lipinski definition) is 5. The summed E-state index contributed by atoms with van der Waals surface area (Å²) in [6.45, 7) is 5.46. The maximum atomic E-state index is 12.3. The lowest BCUT2D eigenvalue weighted by atomic mass is 10.1. The van der Waals surface area contributed by atoms with Crippen LogP contribution in [-0.4, -0.2) is 47.3 Å². The van der Waals surface area contributed by atoms with Crippen LogP contribution in [0.15, 0.2) is 4.52 Å². The lowest BCUT2D eigenvalue weighted by molar-refractivity contribution is 0.348. The van der Waals surface area contributed by atoms with E-state index in [4.69, 9.17) is 4.52 Å². The monoisotopic (exact) mass is 302 g/mol. The van der Waals surface area contributed by atoms with Gasteiger partial charge >= 0.3 is 0 Å². The zero-order valence-electron chi connectivity index (χ0n) is 12.2. The summed E-state index contributed by atoms with van der Waals surface area (Å²) in [5.74, 6) is 1.39. The molecule has 2 rings (SSSR count). The molecule has 0 N–H and O–H groups in total. The molecule has 0 unspecified atom stereocenters. The highest BCUT2D eigenvalue weighted by atomic mass is 32.2. The maximum absolute atomic E-state index is 12.3. The molecule has 0 aliphatic carbocycles. The van der Waals surface area contributed by atoms with Crippen molar-refractivity contribution in [3.05, 3.63) is 11.7 Å². The molecule has 114 valence electrons. The van der Waals surface area contributed by atoms with Crippen molar-refractivity contribution in [3.8, 4) is 0 Å². The highest BCUT2D eigenvalue weighted by Crippen LogP contribution is 2.16. The topological polar surface area (TPSA) is 79.5 Å². The summed E-state index contributed by atoms with van der Waals surface area (Å²) in [7, 11) is -1.86. The number of nitrogens with zero attached hydrogens (tertiary/aromatic N) is 4. The lowest BCUT2D eigenvalue weighted by Gasteiger charge is -2.22. The number of hydrogen-bond donors (Lipinski definition) is 0. The second kappa shape index (κ2) is 6.19. The number of aromatic nitrogens is 2. The normalized spacial score (nSPS) is 17.4. The molecule has 20 heavy (non-hydrogen) atoms. The zero-order valence-corrected chi connectivity index (χ0v) is 13.1. The summed E-state index contributed by atoms with van der Waals surface area (Å²) in [5, 5.41) is 3.84. The fourth-order valence-electron chi connectivity index (χ4n) is 2.18. The van der Waals surface area contributed by atoms with Crippen LogP contribution in [0.2, 0.25) is 0 Å². The van der Waals surface area contributed by atoms with Gasteiger partial charge in [-0.3, -0.25) is 0 Å². The predicted molar refractivity (Wildman–Crippen MR) is 74.0 cm³/mol. The van der Waals surface area contributed by atoms with Gasteiger partial charge in [0.2, 0.25) is 5.89 Å². The Labute approximate surface area is 120 Å². The molecule has 1 aromatic rings. The molecule has 0 saturated carbocycles. The van der Waals surface area contributed by atoms with Gasteiger partial charge in [-0.05, 0) is 18.8 Å². The average Bonchev–Trinajstić information content (AvgIpc) is 2.99. The summed E-state index contributed by atoms with van der Waals surface area (Å²) in [4.78, 5) is 4.23. The van der Waals surface area contributed by atoms with E-state index in [-0.39, 0.29) is 6.54 Å². The van der Waals surface area contributed by atoms with Crippen molar-refractivity contribution in [2.24, 2.45) is 5.92 Å². The predicted octanol–water partition coefficient (Wildman–Crippen LogP) is 1.04. The molecule has 8 heteroatoms. The molecular formula is C12H22N4O3S. The van der Waals surface area contributed by atoms with Crippen molar-refractivity contribution in [3.63, 3.8) is 0 Å².